The molecule has 16 rings (SSSR count). The highest BCUT2D eigenvalue weighted by Crippen LogP contribution is 2.37. The number of benzene rings is 3. The third-order valence-electron chi connectivity index (χ3n) is 22.1. The highest BCUT2D eigenvalue weighted by molar-refractivity contribution is 7.99. The van der Waals surface area contributed by atoms with Gasteiger partial charge >= 0.3 is 0 Å². The number of aromatic nitrogens is 20. The third-order valence-corrected chi connectivity index (χ3v) is 23.2. The molecule has 7 N–H and O–H groups in total. The van der Waals surface area contributed by atoms with Crippen molar-refractivity contribution >= 4 is 128 Å². The van der Waals surface area contributed by atoms with E-state index in [1.807, 2.05) is 71.9 Å². The van der Waals surface area contributed by atoms with Gasteiger partial charge in [-0.1, -0.05) is 70.1 Å². The Morgan fingerprint density at radius 2 is 0.902 bits per heavy atom. The van der Waals surface area contributed by atoms with Gasteiger partial charge in [-0.3, -0.25) is 14.5 Å². The lowest BCUT2D eigenvalue weighted by atomic mass is 10.1. The number of aliphatic hydroxyl groups excluding tert-OH is 1. The lowest BCUT2D eigenvalue weighted by Crippen LogP contribution is -2.45. The molecule has 0 spiro atoms. The number of carbonyl (C=O) groups excluding carboxylic acids is 1. The number of hydrogen-bond donors (Lipinski definition) is 7. The molecule has 0 aliphatic carbocycles. The molecule has 0 radical (unpaired) electrons. The van der Waals surface area contributed by atoms with E-state index in [9.17, 15) is 14.7 Å². The molecule has 0 atom stereocenters. The molecule has 0 unspecified atom stereocenters. The van der Waals surface area contributed by atoms with E-state index in [4.69, 9.17) is 50.0 Å². The number of nitrogens with one attached hydrogen (secondary N) is 6. The van der Waals surface area contributed by atoms with Crippen LogP contribution in [-0.2, 0) is 46.5 Å². The zero-order valence-electron chi connectivity index (χ0n) is 77.8. The predicted molar refractivity (Wildman–Crippen MR) is 513 cm³/mol. The van der Waals surface area contributed by atoms with Crippen LogP contribution in [0.1, 0.15) is 85.8 Å². The van der Waals surface area contributed by atoms with Crippen molar-refractivity contribution in [3.63, 3.8) is 0 Å². The first-order valence-electron chi connectivity index (χ1n) is 45.0. The molecule has 45 heteroatoms. The first-order chi connectivity index (χ1) is 64.7. The van der Waals surface area contributed by atoms with Crippen molar-refractivity contribution in [3.05, 3.63) is 129 Å². The van der Waals surface area contributed by atoms with Crippen LogP contribution in [0.5, 0.6) is 17.2 Å². The van der Waals surface area contributed by atoms with Crippen molar-refractivity contribution in [2.24, 2.45) is 0 Å². The van der Waals surface area contributed by atoms with E-state index < -0.39 is 0 Å². The van der Waals surface area contributed by atoms with Gasteiger partial charge < -0.3 is 104 Å². The van der Waals surface area contributed by atoms with E-state index in [1.54, 1.807) is 32.4 Å². The largest absolute Gasteiger partial charge is 0.493 e. The van der Waals surface area contributed by atoms with Crippen LogP contribution in [0.2, 0.25) is 5.02 Å². The van der Waals surface area contributed by atoms with E-state index in [1.165, 1.54) is 36.8 Å². The van der Waals surface area contributed by atoms with E-state index in [2.05, 4.69) is 189 Å². The number of nitrogens with zero attached hydrogens (tertiary/aromatic N) is 28. The molecule has 3 aromatic carbocycles. The van der Waals surface area contributed by atoms with Gasteiger partial charge in [-0.15, -0.1) is 0 Å². The Bertz CT molecular complexity index is 5650. The Morgan fingerprint density at radius 1 is 0.474 bits per heavy atom. The lowest BCUT2D eigenvalue weighted by molar-refractivity contribution is 0.0357. The maximum Gasteiger partial charge on any atom is 0.258 e. The molecule has 0 saturated carbocycles. The molecule has 5 aliphatic rings. The van der Waals surface area contributed by atoms with Gasteiger partial charge in [-0.05, 0) is 77.1 Å². The summed E-state index contributed by atoms with van der Waals surface area (Å²) >= 11 is 7.68. The summed E-state index contributed by atoms with van der Waals surface area (Å²) in [5, 5.41) is 28.0. The van der Waals surface area contributed by atoms with Crippen LogP contribution >= 0.6 is 23.4 Å². The molecule has 5 aliphatic heterocycles. The fraction of sp³-hybridized carbons (Fsp3) is 0.511. The summed E-state index contributed by atoms with van der Waals surface area (Å²) in [6.07, 6.45) is 8.03. The number of piperazine rings is 4. The van der Waals surface area contributed by atoms with Crippen LogP contribution in [0.25, 0.3) is 21.8 Å². The van der Waals surface area contributed by atoms with Crippen molar-refractivity contribution in [2.45, 2.75) is 85.4 Å². The number of aliphatic hydroxyl groups is 1. The smallest absolute Gasteiger partial charge is 0.258 e. The molecule has 5 fully saturated rings. The number of aryl methyl sites for hydroxylation is 5. The Morgan fingerprint density at radius 3 is 1.35 bits per heavy atom. The van der Waals surface area contributed by atoms with Crippen molar-refractivity contribution in [1.82, 2.24) is 124 Å². The number of methoxy groups -OCH3 is 2. The van der Waals surface area contributed by atoms with Gasteiger partial charge in [0.25, 0.3) is 11.5 Å². The molecule has 11 aromatic rings. The van der Waals surface area contributed by atoms with Crippen molar-refractivity contribution in [1.29, 1.82) is 0 Å². The average molecular weight is 1870 g/mol. The van der Waals surface area contributed by atoms with Gasteiger partial charge in [0.2, 0.25) is 47.6 Å². The number of likely N-dealkylation sites (N-methyl/N-ethyl adjacent to an activating group) is 4. The average Bonchev–Trinajstić information content (AvgIpc) is 0.788. The maximum atomic E-state index is 12.7. The monoisotopic (exact) mass is 1860 g/mol. The molecule has 43 nitrogen and oxygen atoms in total. The minimum Gasteiger partial charge on any atom is -0.493 e. The van der Waals surface area contributed by atoms with Crippen LogP contribution in [0.4, 0.5) is 76.7 Å². The Hall–Kier alpha value is -12.1. The van der Waals surface area contributed by atoms with Gasteiger partial charge in [0, 0.05) is 199 Å². The summed E-state index contributed by atoms with van der Waals surface area (Å²) in [5.74, 6) is 11.8. The minimum atomic E-state index is -0.339. The number of anilines is 13. The fourth-order valence-corrected chi connectivity index (χ4v) is 15.4. The quantitative estimate of drug-likeness (QED) is 0.0117. The number of thioether (sulfide) groups is 1. The van der Waals surface area contributed by atoms with E-state index in [0.717, 1.165) is 178 Å². The summed E-state index contributed by atoms with van der Waals surface area (Å²) in [7, 11) is 11.7. The Labute approximate surface area is 782 Å². The number of hydrogen-bond acceptors (Lipinski definition) is 42. The van der Waals surface area contributed by atoms with Crippen molar-refractivity contribution < 1.29 is 38.3 Å². The summed E-state index contributed by atoms with van der Waals surface area (Å²) < 4.78 is 33.6. The van der Waals surface area contributed by atoms with Crippen molar-refractivity contribution in [2.75, 3.05) is 265 Å². The number of H-pyrrole nitrogens is 1. The zero-order valence-corrected chi connectivity index (χ0v) is 79.4. The van der Waals surface area contributed by atoms with Gasteiger partial charge in [-0.2, -0.15) is 59.8 Å². The SMILES string of the molecule is CCSc1nc(Nc2nc(CC)nc(N3CCN(C)CC3)n2)cc(=O)[nH]1.CCc1nc(Nc2cc(NC(=O)c3c(C)cccc3Cl)ncn2)nc(N2CCN(C)CC2)n1.CCc1nc(Nc2ncnc3cc(CO)c(OCCCN4CCOCC4)cc23)nc(N2CCN(C)CC2)n1.CCc1nc(Nc2ncnc3cc(OCCOC)c(OCCOC)cc23)nc(N2CCN(C)CC2)n1. The molecule has 13 heterocycles. The second kappa shape index (κ2) is 49.6. The van der Waals surface area contributed by atoms with E-state index in [0.29, 0.717) is 197 Å². The highest BCUT2D eigenvalue weighted by Gasteiger charge is 2.27. The number of rotatable bonds is 34. The van der Waals surface area contributed by atoms with Crippen LogP contribution in [0.3, 0.4) is 0 Å². The summed E-state index contributed by atoms with van der Waals surface area (Å²) in [4.78, 5) is 133. The molecule has 133 heavy (non-hydrogen) atoms. The zero-order chi connectivity index (χ0) is 93.5. The summed E-state index contributed by atoms with van der Waals surface area (Å²) in [5.41, 5.74) is 3.08. The van der Waals surface area contributed by atoms with Crippen LogP contribution in [0.15, 0.2) is 83.5 Å². The first-order valence-corrected chi connectivity index (χ1v) is 46.4. The first kappa shape index (κ1) is 98.4. The molecular formula is C88H121ClN34O9S. The number of amides is 1. The number of fused-ring (bicyclic) bond motifs is 2. The topological polar surface area (TPSA) is 460 Å². The highest BCUT2D eigenvalue weighted by atomic mass is 35.5. The molecule has 710 valence electrons. The molecule has 8 aromatic heterocycles. The molecule has 5 saturated heterocycles. The van der Waals surface area contributed by atoms with E-state index in [-0.39, 0.29) is 18.1 Å². The normalized spacial score (nSPS) is 15.3. The lowest BCUT2D eigenvalue weighted by Gasteiger charge is -2.32. The fourth-order valence-electron chi connectivity index (χ4n) is 14.5. The second-order valence-electron chi connectivity index (χ2n) is 31.9. The minimum absolute atomic E-state index is 0.136. The maximum absolute atomic E-state index is 12.7. The summed E-state index contributed by atoms with van der Waals surface area (Å²) in [6.45, 7) is 33.1. The van der Waals surface area contributed by atoms with E-state index >= 15 is 0 Å². The standard InChI is InChI=1S/C26H37N9O3.C24H34N8O4.C22H26ClN9O.C16H24N8OS/c1-3-23-29-25(32-26(30-23)35-8-6-33(2)7-9-35)31-24-20-16-22(19(17-36)15-21(20)27-18-28-24)38-12-4-5-34-10-13-37-14-11-34;1-5-21-27-23(30-24(28-21)32-8-6-31(2)7-9-32)29-22-17-14-19(35-12-10-33-3)20(36-13-11-34-4)15-18(17)25-16-26-22;1-4-16-27-21(30-22(29-16)32-10-8-31(3)9-11-32)28-18-12-17(24-13-25-18)26-20(33)19-14(2)6-5-7-15(19)23;1-4-11-17-14(18-12-10-13(25)21-16(20-12)26-5-2)22-15(19-11)24-8-6-23(3)7-9-24/h15-16,18,36H,3-14,17H2,1-2H3,(H,27,28,29,30,31,32);14-16H,5-13H2,1-4H3,(H,25,26,27,28,29,30);5-7,12-13H,4,8-11H2,1-3H3,(H2,24,25,26,27,28,29,30,33);10H,4-9H2,1-3H3,(H2,17,18,19,20,21,22,25). The Kier molecular flexibility index (Phi) is 36.7. The number of aromatic amines is 1. The van der Waals surface area contributed by atoms with Crippen LogP contribution in [0, 0.1) is 6.92 Å². The third kappa shape index (κ3) is 28.5. The number of morpholine rings is 1. The number of ether oxygens (including phenoxy) is 6. The Balaban J connectivity index is 0.000000152. The molecule has 0 bridgehead atoms. The summed E-state index contributed by atoms with van der Waals surface area (Å²) in [6, 6.07) is 15.8. The van der Waals surface area contributed by atoms with Gasteiger partial charge in [-0.25, -0.2) is 34.9 Å². The van der Waals surface area contributed by atoms with Gasteiger partial charge in [0.15, 0.2) is 16.7 Å². The van der Waals surface area contributed by atoms with Gasteiger partial charge in [0.1, 0.15) is 90.3 Å². The number of carbonyl (C=O) groups is 1. The van der Waals surface area contributed by atoms with Gasteiger partial charge in [0.05, 0.1) is 61.3 Å². The predicted octanol–water partition coefficient (Wildman–Crippen LogP) is 7.45. The van der Waals surface area contributed by atoms with Crippen molar-refractivity contribution in [3.8, 4) is 17.2 Å². The second-order valence-corrected chi connectivity index (χ2v) is 33.5. The van der Waals surface area contributed by atoms with Crippen LogP contribution < -0.4 is 66.0 Å². The molecular weight excluding hydrogens is 1740 g/mol. The van der Waals surface area contributed by atoms with Crippen LogP contribution in [-0.4, -0.2) is 354 Å². The molecule has 1 amide bonds. The number of halogens is 1.